The number of aromatic nitrogens is 6. The van der Waals surface area contributed by atoms with E-state index in [-0.39, 0.29) is 55.8 Å². The Kier molecular flexibility index (Phi) is 14.9. The maximum absolute atomic E-state index is 12.4. The molecule has 16 nitrogen and oxygen atoms in total. The fourth-order valence-corrected chi connectivity index (χ4v) is 6.39. The molecule has 0 bridgehead atoms. The topological polar surface area (TPSA) is 218 Å². The summed E-state index contributed by atoms with van der Waals surface area (Å²) in [5.74, 6) is 1.01. The molecule has 2 aliphatic heterocycles. The van der Waals surface area contributed by atoms with Gasteiger partial charge in [-0.2, -0.15) is 9.97 Å². The summed E-state index contributed by atoms with van der Waals surface area (Å²) in [6, 6.07) is 9.80. The molecule has 0 unspecified atom stereocenters. The average Bonchev–Trinajstić information content (AvgIpc) is 3.13. The lowest BCUT2D eigenvalue weighted by molar-refractivity contribution is 0.0196. The monoisotopic (exact) mass is 844 g/mol. The fraction of sp³-hybridized carbons (Fsp3) is 0.424. The van der Waals surface area contributed by atoms with Gasteiger partial charge in [0, 0.05) is 50.4 Å². The largest absolute Gasteiger partial charge is 0.444 e. The van der Waals surface area contributed by atoms with Crippen LogP contribution in [0.4, 0.5) is 28.3 Å². The number of hydrogen-bond donors (Lipinski definition) is 5. The minimum Gasteiger partial charge on any atom is -0.444 e. The number of amides is 1. The number of nitrogens with two attached hydrogens (primary N) is 2. The zero-order valence-electron chi connectivity index (χ0n) is 29.6. The van der Waals surface area contributed by atoms with E-state index in [0.717, 1.165) is 6.54 Å². The van der Waals surface area contributed by atoms with Gasteiger partial charge in [0.1, 0.15) is 17.0 Å². The zero-order valence-corrected chi connectivity index (χ0v) is 33.4. The van der Waals surface area contributed by atoms with Crippen LogP contribution in [0.2, 0.25) is 20.1 Å². The number of benzene rings is 2. The van der Waals surface area contributed by atoms with Crippen LogP contribution >= 0.6 is 58.8 Å². The number of piperazine rings is 2. The second-order valence-corrected chi connectivity index (χ2v) is 14.7. The molecule has 292 valence electrons. The van der Waals surface area contributed by atoms with Crippen LogP contribution in [0.1, 0.15) is 20.8 Å². The van der Waals surface area contributed by atoms with Gasteiger partial charge in [0.15, 0.2) is 11.6 Å². The summed E-state index contributed by atoms with van der Waals surface area (Å²) < 4.78 is 5.42. The first-order valence-electron chi connectivity index (χ1n) is 16.5. The van der Waals surface area contributed by atoms with Gasteiger partial charge in [0.25, 0.3) is 0 Å². The lowest BCUT2D eigenvalue weighted by atomic mass is 10.1. The molecule has 2 aromatic heterocycles. The Morgan fingerprint density at radius 3 is 1.78 bits per heavy atom. The van der Waals surface area contributed by atoms with Gasteiger partial charge in [0.2, 0.25) is 11.9 Å². The molecule has 0 radical (unpaired) electrons. The first-order valence-corrected chi connectivity index (χ1v) is 18.1. The molecule has 54 heavy (non-hydrogen) atoms. The number of rotatable bonds is 6. The van der Waals surface area contributed by atoms with E-state index < -0.39 is 17.7 Å². The van der Waals surface area contributed by atoms with Crippen molar-refractivity contribution in [3.8, 4) is 22.5 Å². The van der Waals surface area contributed by atoms with Gasteiger partial charge < -0.3 is 46.4 Å². The molecule has 0 aliphatic carbocycles. The van der Waals surface area contributed by atoms with Gasteiger partial charge in [-0.15, -0.1) is 32.8 Å². The molecule has 2 saturated heterocycles. The molecule has 21 heteroatoms. The summed E-state index contributed by atoms with van der Waals surface area (Å²) >= 11 is 24.5. The highest BCUT2D eigenvalue weighted by atomic mass is 35.5. The van der Waals surface area contributed by atoms with Crippen molar-refractivity contribution >= 4 is 88.4 Å². The van der Waals surface area contributed by atoms with E-state index in [1.165, 1.54) is 0 Å². The van der Waals surface area contributed by atoms with E-state index in [0.29, 0.717) is 74.7 Å². The summed E-state index contributed by atoms with van der Waals surface area (Å²) in [6.07, 6.45) is -0.426. The lowest BCUT2D eigenvalue weighted by Gasteiger charge is -2.40. The van der Waals surface area contributed by atoms with Crippen molar-refractivity contribution in [2.45, 2.75) is 38.5 Å². The number of anilines is 4. The lowest BCUT2D eigenvalue weighted by Crippen LogP contribution is -2.57. The molecule has 6 rings (SSSR count). The standard InChI is InChI=1S/C19H24Cl2N6O3.C14H16Cl2N6O.ClH/c1-19(2,3)30-18(29)26-7-8-27(11(9-26)10-28)17-23-16(22)15(24-25-17)12-5-4-6-13(20)14(12)21;15-10-3-1-2-9(11(10)16)12-13(17)19-14(21-20-12)22-5-4-18-6-8(22)7-23;/h4-6,11,28H,7-10H2,1-3H3,(H2,22,23,25);1-3,8,18,23H,4-7H2,(H2,17,19,21);1H/t11-;8-;/m00./s1. The third kappa shape index (κ3) is 10.1. The maximum Gasteiger partial charge on any atom is 0.410 e. The molecular weight excluding hydrogens is 806 g/mol. The molecule has 4 heterocycles. The van der Waals surface area contributed by atoms with E-state index in [4.69, 9.17) is 62.6 Å². The number of ether oxygens (including phenoxy) is 1. The van der Waals surface area contributed by atoms with E-state index in [1.54, 1.807) is 67.0 Å². The molecule has 0 spiro atoms. The molecular formula is C33H41Cl5N12O4. The third-order valence-corrected chi connectivity index (χ3v) is 9.88. The zero-order chi connectivity index (χ0) is 38.4. The summed E-state index contributed by atoms with van der Waals surface area (Å²) in [4.78, 5) is 26.3. The minimum absolute atomic E-state index is 0. The molecule has 2 aromatic carbocycles. The van der Waals surface area contributed by atoms with Gasteiger partial charge >= 0.3 is 6.09 Å². The number of nitrogens with zero attached hydrogens (tertiary/aromatic N) is 9. The van der Waals surface area contributed by atoms with Crippen molar-refractivity contribution in [2.24, 2.45) is 0 Å². The SMILES string of the molecule is CC(C)(C)OC(=O)N1CCN(c2nnc(-c3cccc(Cl)c3Cl)c(N)n2)[C@H](CO)C1.Cl.Nc1nc(N2CCNC[C@H]2CO)nnc1-c1cccc(Cl)c1Cl. The summed E-state index contributed by atoms with van der Waals surface area (Å²) in [6.45, 7) is 8.35. The first-order chi connectivity index (χ1) is 25.2. The number of nitrogen functional groups attached to an aromatic ring is 2. The Labute approximate surface area is 338 Å². The normalized spacial score (nSPS) is 17.3. The van der Waals surface area contributed by atoms with Crippen molar-refractivity contribution in [3.05, 3.63) is 56.5 Å². The van der Waals surface area contributed by atoms with Crippen molar-refractivity contribution < 1.29 is 19.7 Å². The van der Waals surface area contributed by atoms with Crippen LogP contribution in [0, 0.1) is 0 Å². The molecule has 4 aromatic rings. The minimum atomic E-state index is -0.595. The Balaban J connectivity index is 0.000000244. The number of carbonyl (C=O) groups is 1. The Bertz CT molecular complexity index is 1920. The molecule has 1 amide bonds. The molecule has 2 fully saturated rings. The Morgan fingerprint density at radius 1 is 0.815 bits per heavy atom. The summed E-state index contributed by atoms with van der Waals surface area (Å²) in [7, 11) is 0. The first kappa shape index (κ1) is 43.0. The second kappa shape index (κ2) is 18.7. The predicted molar refractivity (Wildman–Crippen MR) is 214 cm³/mol. The summed E-state index contributed by atoms with van der Waals surface area (Å²) in [5, 5.41) is 40.7. The van der Waals surface area contributed by atoms with E-state index in [2.05, 4.69) is 35.7 Å². The number of aliphatic hydroxyl groups excluding tert-OH is 2. The molecule has 7 N–H and O–H groups in total. The Morgan fingerprint density at radius 2 is 1.31 bits per heavy atom. The van der Waals surface area contributed by atoms with Crippen molar-refractivity contribution in [1.82, 2.24) is 40.6 Å². The highest BCUT2D eigenvalue weighted by molar-refractivity contribution is 6.44. The van der Waals surface area contributed by atoms with Gasteiger partial charge in [-0.1, -0.05) is 70.7 Å². The maximum atomic E-state index is 12.4. The van der Waals surface area contributed by atoms with E-state index in [9.17, 15) is 15.0 Å². The van der Waals surface area contributed by atoms with Gasteiger partial charge in [0.05, 0.1) is 45.4 Å². The van der Waals surface area contributed by atoms with Crippen LogP contribution in [-0.4, -0.2) is 122 Å². The highest BCUT2D eigenvalue weighted by Crippen LogP contribution is 2.36. The van der Waals surface area contributed by atoms with Crippen molar-refractivity contribution in [3.63, 3.8) is 0 Å². The third-order valence-electron chi connectivity index (χ3n) is 8.24. The van der Waals surface area contributed by atoms with E-state index >= 15 is 0 Å². The molecule has 2 aliphatic rings. The number of nitrogens with one attached hydrogen (secondary N) is 1. The number of aliphatic hydroxyl groups is 2. The fourth-order valence-electron chi connectivity index (χ4n) is 5.61. The van der Waals surface area contributed by atoms with Crippen LogP contribution < -0.4 is 26.6 Å². The molecule has 2 atom stereocenters. The van der Waals surface area contributed by atoms with Crippen molar-refractivity contribution in [2.75, 3.05) is 73.7 Å². The Hall–Kier alpha value is -3.74. The van der Waals surface area contributed by atoms with Crippen molar-refractivity contribution in [1.29, 1.82) is 0 Å². The quantitative estimate of drug-likeness (QED) is 0.181. The average molecular weight is 847 g/mol. The van der Waals surface area contributed by atoms with Gasteiger partial charge in [-0.25, -0.2) is 4.79 Å². The van der Waals surface area contributed by atoms with Crippen LogP contribution in [0.25, 0.3) is 22.5 Å². The van der Waals surface area contributed by atoms with Gasteiger partial charge in [-0.3, -0.25) is 0 Å². The number of halogens is 5. The predicted octanol–water partition coefficient (Wildman–Crippen LogP) is 4.47. The highest BCUT2D eigenvalue weighted by Gasteiger charge is 2.33. The van der Waals surface area contributed by atoms with Crippen LogP contribution in [0.3, 0.4) is 0 Å². The number of hydrogen-bond acceptors (Lipinski definition) is 15. The van der Waals surface area contributed by atoms with Crippen LogP contribution in [0.15, 0.2) is 36.4 Å². The number of carbonyl (C=O) groups excluding carboxylic acids is 1. The smallest absolute Gasteiger partial charge is 0.410 e. The van der Waals surface area contributed by atoms with Gasteiger partial charge in [-0.05, 0) is 32.9 Å². The van der Waals surface area contributed by atoms with Crippen LogP contribution in [-0.2, 0) is 4.74 Å². The summed E-state index contributed by atoms with van der Waals surface area (Å²) in [5.41, 5.74) is 13.4. The van der Waals surface area contributed by atoms with E-state index in [1.807, 2.05) is 4.90 Å². The van der Waals surface area contributed by atoms with Crippen LogP contribution in [0.5, 0.6) is 0 Å². The second-order valence-electron chi connectivity index (χ2n) is 13.1. The molecule has 0 saturated carbocycles.